The molecule has 0 aliphatic rings. The summed E-state index contributed by atoms with van der Waals surface area (Å²) < 4.78 is 4.58. The summed E-state index contributed by atoms with van der Waals surface area (Å²) >= 11 is 1.45. The van der Waals surface area contributed by atoms with Crippen LogP contribution in [0, 0.1) is 0 Å². The predicted octanol–water partition coefficient (Wildman–Crippen LogP) is 2.84. The van der Waals surface area contributed by atoms with E-state index in [1.165, 1.54) is 18.4 Å². The maximum Gasteiger partial charge on any atom is 0.305 e. The van der Waals surface area contributed by atoms with Crippen LogP contribution in [-0.2, 0) is 9.53 Å². The van der Waals surface area contributed by atoms with Gasteiger partial charge in [0.1, 0.15) is 10.7 Å². The number of thiazole rings is 1. The quantitative estimate of drug-likeness (QED) is 0.769. The van der Waals surface area contributed by atoms with E-state index in [-0.39, 0.29) is 11.9 Å². The Labute approximate surface area is 133 Å². The molecule has 0 atom stereocenters. The van der Waals surface area contributed by atoms with E-state index in [2.05, 4.69) is 9.72 Å². The molecule has 1 aromatic carbocycles. The first kappa shape index (κ1) is 16.2. The fourth-order valence-corrected chi connectivity index (χ4v) is 2.75. The molecule has 0 bridgehead atoms. The largest absolute Gasteiger partial charge is 0.469 e. The van der Waals surface area contributed by atoms with E-state index in [1.54, 1.807) is 17.3 Å². The van der Waals surface area contributed by atoms with Gasteiger partial charge in [-0.2, -0.15) is 0 Å². The van der Waals surface area contributed by atoms with Gasteiger partial charge in [-0.05, 0) is 6.42 Å². The van der Waals surface area contributed by atoms with Crippen molar-refractivity contribution >= 4 is 23.2 Å². The smallest absolute Gasteiger partial charge is 0.305 e. The zero-order valence-electron chi connectivity index (χ0n) is 12.6. The summed E-state index contributed by atoms with van der Waals surface area (Å²) in [7, 11) is 3.07. The third-order valence-corrected chi connectivity index (χ3v) is 4.08. The zero-order valence-corrected chi connectivity index (χ0v) is 13.4. The van der Waals surface area contributed by atoms with E-state index in [0.29, 0.717) is 25.1 Å². The molecule has 5 nitrogen and oxygen atoms in total. The molecule has 0 saturated carbocycles. The van der Waals surface area contributed by atoms with Crippen molar-refractivity contribution < 1.29 is 14.3 Å². The van der Waals surface area contributed by atoms with Crippen molar-refractivity contribution in [2.45, 2.75) is 12.8 Å². The third kappa shape index (κ3) is 4.14. The lowest BCUT2D eigenvalue weighted by atomic mass is 10.2. The molecule has 1 aromatic heterocycles. The van der Waals surface area contributed by atoms with Crippen molar-refractivity contribution in [2.24, 2.45) is 0 Å². The Kier molecular flexibility index (Phi) is 5.66. The van der Waals surface area contributed by atoms with Gasteiger partial charge in [-0.3, -0.25) is 9.59 Å². The number of esters is 1. The number of hydrogen-bond acceptors (Lipinski definition) is 5. The number of carbonyl (C=O) groups is 2. The summed E-state index contributed by atoms with van der Waals surface area (Å²) in [6, 6.07) is 9.76. The van der Waals surface area contributed by atoms with Gasteiger partial charge in [0.15, 0.2) is 0 Å². The van der Waals surface area contributed by atoms with E-state index < -0.39 is 0 Å². The highest BCUT2D eigenvalue weighted by Crippen LogP contribution is 2.23. The monoisotopic (exact) mass is 318 g/mol. The molecule has 0 aliphatic heterocycles. The van der Waals surface area contributed by atoms with Crippen LogP contribution in [0.5, 0.6) is 0 Å². The highest BCUT2D eigenvalue weighted by Gasteiger charge is 2.16. The van der Waals surface area contributed by atoms with Gasteiger partial charge in [0.2, 0.25) is 0 Å². The summed E-state index contributed by atoms with van der Waals surface area (Å²) in [5, 5.41) is 2.59. The molecule has 0 radical (unpaired) electrons. The summed E-state index contributed by atoms with van der Waals surface area (Å²) in [4.78, 5) is 29.3. The Morgan fingerprint density at radius 3 is 2.68 bits per heavy atom. The third-order valence-electron chi connectivity index (χ3n) is 3.19. The fraction of sp³-hybridized carbons (Fsp3) is 0.312. The van der Waals surface area contributed by atoms with Crippen molar-refractivity contribution in [1.82, 2.24) is 9.88 Å². The first-order chi connectivity index (χ1) is 10.6. The summed E-state index contributed by atoms with van der Waals surface area (Å²) in [5.74, 6) is -0.399. The standard InChI is InChI=1S/C16H18N2O3S/c1-18(10-6-9-14(19)21-2)16(20)13-11-22-15(17-13)12-7-4-3-5-8-12/h3-5,7-8,11H,6,9-10H2,1-2H3. The molecule has 6 heteroatoms. The minimum Gasteiger partial charge on any atom is -0.469 e. The Hall–Kier alpha value is -2.21. The van der Waals surface area contributed by atoms with E-state index in [4.69, 9.17) is 0 Å². The van der Waals surface area contributed by atoms with Gasteiger partial charge < -0.3 is 9.64 Å². The predicted molar refractivity (Wildman–Crippen MR) is 85.8 cm³/mol. The molecule has 1 heterocycles. The lowest BCUT2D eigenvalue weighted by molar-refractivity contribution is -0.140. The van der Waals surface area contributed by atoms with Crippen molar-refractivity contribution in [3.63, 3.8) is 0 Å². The fourth-order valence-electron chi connectivity index (χ4n) is 1.95. The van der Waals surface area contributed by atoms with Gasteiger partial charge in [-0.1, -0.05) is 30.3 Å². The number of rotatable bonds is 6. The number of benzene rings is 1. The van der Waals surface area contributed by atoms with Crippen LogP contribution in [0.15, 0.2) is 35.7 Å². The Bertz CT molecular complexity index is 640. The molecule has 1 amide bonds. The second-order valence-corrected chi connectivity index (χ2v) is 5.67. The lowest BCUT2D eigenvalue weighted by Crippen LogP contribution is -2.28. The maximum atomic E-state index is 12.3. The van der Waals surface area contributed by atoms with Gasteiger partial charge in [0.05, 0.1) is 7.11 Å². The van der Waals surface area contributed by atoms with Crippen LogP contribution in [0.2, 0.25) is 0 Å². The number of nitrogens with zero attached hydrogens (tertiary/aromatic N) is 2. The number of ether oxygens (including phenoxy) is 1. The number of aromatic nitrogens is 1. The summed E-state index contributed by atoms with van der Waals surface area (Å²) in [5.41, 5.74) is 1.43. The lowest BCUT2D eigenvalue weighted by Gasteiger charge is -2.15. The highest BCUT2D eigenvalue weighted by molar-refractivity contribution is 7.13. The highest BCUT2D eigenvalue weighted by atomic mass is 32.1. The molecule has 2 aromatic rings. The molecule has 0 aliphatic carbocycles. The minimum atomic E-state index is -0.263. The molecule has 0 N–H and O–H groups in total. The molecule has 22 heavy (non-hydrogen) atoms. The van der Waals surface area contributed by atoms with Gasteiger partial charge in [0, 0.05) is 31.0 Å². The van der Waals surface area contributed by atoms with Crippen LogP contribution in [0.4, 0.5) is 0 Å². The van der Waals surface area contributed by atoms with Crippen LogP contribution in [0.3, 0.4) is 0 Å². The van der Waals surface area contributed by atoms with Crippen molar-refractivity contribution in [3.05, 3.63) is 41.4 Å². The van der Waals surface area contributed by atoms with Crippen LogP contribution in [0.1, 0.15) is 23.3 Å². The number of amides is 1. The van der Waals surface area contributed by atoms with Crippen molar-refractivity contribution in [2.75, 3.05) is 20.7 Å². The average molecular weight is 318 g/mol. The summed E-state index contributed by atoms with van der Waals surface area (Å²) in [6.45, 7) is 0.492. The van der Waals surface area contributed by atoms with Gasteiger partial charge in [-0.15, -0.1) is 11.3 Å². The number of methoxy groups -OCH3 is 1. The van der Waals surface area contributed by atoms with E-state index in [1.807, 2.05) is 30.3 Å². The average Bonchev–Trinajstić information content (AvgIpc) is 3.04. The summed E-state index contributed by atoms with van der Waals surface area (Å²) in [6.07, 6.45) is 0.880. The Morgan fingerprint density at radius 2 is 2.00 bits per heavy atom. The maximum absolute atomic E-state index is 12.3. The molecule has 0 fully saturated rings. The van der Waals surface area contributed by atoms with Crippen molar-refractivity contribution in [3.8, 4) is 10.6 Å². The van der Waals surface area contributed by atoms with E-state index in [9.17, 15) is 9.59 Å². The van der Waals surface area contributed by atoms with Crippen LogP contribution >= 0.6 is 11.3 Å². The van der Waals surface area contributed by atoms with E-state index in [0.717, 1.165) is 10.6 Å². The molecule has 2 rings (SSSR count). The number of hydrogen-bond donors (Lipinski definition) is 0. The van der Waals surface area contributed by atoms with Crippen molar-refractivity contribution in [1.29, 1.82) is 0 Å². The topological polar surface area (TPSA) is 59.5 Å². The van der Waals surface area contributed by atoms with Gasteiger partial charge >= 0.3 is 5.97 Å². The molecule has 0 spiro atoms. The second kappa shape index (κ2) is 7.70. The molecule has 0 saturated heterocycles. The Balaban J connectivity index is 1.95. The first-order valence-electron chi connectivity index (χ1n) is 6.95. The van der Waals surface area contributed by atoms with Crippen LogP contribution in [0.25, 0.3) is 10.6 Å². The van der Waals surface area contributed by atoms with E-state index >= 15 is 0 Å². The van der Waals surface area contributed by atoms with Gasteiger partial charge in [0.25, 0.3) is 5.91 Å². The first-order valence-corrected chi connectivity index (χ1v) is 7.83. The minimum absolute atomic E-state index is 0.136. The number of carbonyl (C=O) groups excluding carboxylic acids is 2. The van der Waals surface area contributed by atoms with Crippen LogP contribution in [-0.4, -0.2) is 42.5 Å². The Morgan fingerprint density at radius 1 is 1.27 bits per heavy atom. The molecule has 116 valence electrons. The molecular formula is C16H18N2O3S. The van der Waals surface area contributed by atoms with Crippen LogP contribution < -0.4 is 0 Å². The second-order valence-electron chi connectivity index (χ2n) is 4.81. The van der Waals surface area contributed by atoms with Gasteiger partial charge in [-0.25, -0.2) is 4.98 Å². The molecular weight excluding hydrogens is 300 g/mol. The normalized spacial score (nSPS) is 10.3. The molecule has 0 unspecified atom stereocenters. The zero-order chi connectivity index (χ0) is 15.9. The SMILES string of the molecule is COC(=O)CCCN(C)C(=O)c1csc(-c2ccccc2)n1.